The van der Waals surface area contributed by atoms with E-state index in [1.54, 1.807) is 0 Å². The molecular weight excluding hydrogens is 291 g/mol. The minimum Gasteiger partial charge on any atom is -0.313 e. The van der Waals surface area contributed by atoms with E-state index < -0.39 is 11.2 Å². The van der Waals surface area contributed by atoms with E-state index in [0.717, 1.165) is 4.57 Å². The zero-order valence-electron chi connectivity index (χ0n) is 8.61. The van der Waals surface area contributed by atoms with E-state index in [0.29, 0.717) is 5.56 Å². The fourth-order valence-electron chi connectivity index (χ4n) is 1.40. The maximum Gasteiger partial charge on any atom is 0.328 e. The number of hydrogen-bond donors (Lipinski definition) is 1. The summed E-state index contributed by atoms with van der Waals surface area (Å²) in [4.78, 5) is 25.6. The lowest BCUT2D eigenvalue weighted by atomic mass is 10.2. The summed E-state index contributed by atoms with van der Waals surface area (Å²) in [7, 11) is 0. The van der Waals surface area contributed by atoms with Gasteiger partial charge in [-0.15, -0.1) is 0 Å². The minimum atomic E-state index is -0.498. The first-order valence-electron chi connectivity index (χ1n) is 4.80. The van der Waals surface area contributed by atoms with Gasteiger partial charge in [-0.1, -0.05) is 12.1 Å². The highest BCUT2D eigenvalue weighted by Gasteiger charge is 2.05. The van der Waals surface area contributed by atoms with E-state index in [1.807, 2.05) is 0 Å². The molecule has 2 rings (SSSR count). The molecule has 0 atom stereocenters. The lowest BCUT2D eigenvalue weighted by Crippen LogP contribution is -2.35. The molecular formula is C11H8BrFN2O2. The van der Waals surface area contributed by atoms with Gasteiger partial charge in [0.15, 0.2) is 0 Å². The molecule has 1 aromatic heterocycles. The van der Waals surface area contributed by atoms with Crippen molar-refractivity contribution in [3.8, 4) is 0 Å². The molecule has 0 aliphatic rings. The van der Waals surface area contributed by atoms with Crippen molar-refractivity contribution in [2.45, 2.75) is 6.54 Å². The van der Waals surface area contributed by atoms with Crippen LogP contribution in [0.1, 0.15) is 5.56 Å². The average molecular weight is 299 g/mol. The molecule has 1 N–H and O–H groups in total. The highest BCUT2D eigenvalue weighted by atomic mass is 79.9. The summed E-state index contributed by atoms with van der Waals surface area (Å²) in [6, 6.07) is 5.63. The van der Waals surface area contributed by atoms with Crippen molar-refractivity contribution in [1.29, 1.82) is 0 Å². The molecule has 88 valence electrons. The standard InChI is InChI=1S/C11H8BrFN2O2/c12-9-5-14-11(17)15(10(9)16)6-7-1-3-8(13)4-2-7/h1-5H,6H2,(H,14,17). The Bertz CT molecular complexity index is 646. The molecule has 0 radical (unpaired) electrons. The molecule has 4 nitrogen and oxygen atoms in total. The Morgan fingerprint density at radius 2 is 1.88 bits per heavy atom. The smallest absolute Gasteiger partial charge is 0.313 e. The molecule has 0 saturated heterocycles. The van der Waals surface area contributed by atoms with E-state index in [2.05, 4.69) is 20.9 Å². The Morgan fingerprint density at radius 1 is 1.24 bits per heavy atom. The zero-order valence-corrected chi connectivity index (χ0v) is 10.2. The number of rotatable bonds is 2. The molecule has 0 amide bonds. The van der Waals surface area contributed by atoms with Crippen LogP contribution in [0, 0.1) is 5.82 Å². The third-order valence-electron chi connectivity index (χ3n) is 2.27. The van der Waals surface area contributed by atoms with Crippen LogP contribution in [0.25, 0.3) is 0 Å². The summed E-state index contributed by atoms with van der Waals surface area (Å²) >= 11 is 3.04. The quantitative estimate of drug-likeness (QED) is 0.913. The Labute approximate surface area is 104 Å². The third kappa shape index (κ3) is 2.52. The first kappa shape index (κ1) is 11.8. The SMILES string of the molecule is O=c1[nH]cc(Br)c(=O)n1Cc1ccc(F)cc1. The minimum absolute atomic E-state index is 0.105. The van der Waals surface area contributed by atoms with Gasteiger partial charge in [-0.2, -0.15) is 0 Å². The summed E-state index contributed by atoms with van der Waals surface area (Å²) in [5, 5.41) is 0. The number of aromatic nitrogens is 2. The molecule has 17 heavy (non-hydrogen) atoms. The van der Waals surface area contributed by atoms with Gasteiger partial charge in [0.25, 0.3) is 5.56 Å². The number of nitrogens with zero attached hydrogens (tertiary/aromatic N) is 1. The molecule has 0 fully saturated rings. The van der Waals surface area contributed by atoms with Gasteiger partial charge in [0.2, 0.25) is 0 Å². The highest BCUT2D eigenvalue weighted by molar-refractivity contribution is 9.10. The molecule has 6 heteroatoms. The highest BCUT2D eigenvalue weighted by Crippen LogP contribution is 2.04. The molecule has 0 unspecified atom stereocenters. The molecule has 1 heterocycles. The van der Waals surface area contributed by atoms with Gasteiger partial charge in [-0.05, 0) is 33.6 Å². The van der Waals surface area contributed by atoms with Gasteiger partial charge in [0.05, 0.1) is 11.0 Å². The van der Waals surface area contributed by atoms with E-state index in [9.17, 15) is 14.0 Å². The Hall–Kier alpha value is -1.69. The molecule has 0 saturated carbocycles. The molecule has 0 spiro atoms. The fraction of sp³-hybridized carbons (Fsp3) is 0.0909. The normalized spacial score (nSPS) is 10.5. The fourth-order valence-corrected chi connectivity index (χ4v) is 1.73. The van der Waals surface area contributed by atoms with Crippen LogP contribution in [-0.2, 0) is 6.54 Å². The second-order valence-corrected chi connectivity index (χ2v) is 4.31. The Balaban J connectivity index is 2.43. The number of hydrogen-bond acceptors (Lipinski definition) is 2. The predicted octanol–water partition coefficient (Wildman–Crippen LogP) is 1.49. The van der Waals surface area contributed by atoms with Crippen LogP contribution >= 0.6 is 15.9 Å². The maximum atomic E-state index is 12.7. The van der Waals surface area contributed by atoms with Crippen LogP contribution in [0.4, 0.5) is 4.39 Å². The van der Waals surface area contributed by atoms with Crippen molar-refractivity contribution in [3.63, 3.8) is 0 Å². The average Bonchev–Trinajstić information content (AvgIpc) is 2.32. The Kier molecular flexibility index (Phi) is 3.23. The molecule has 2 aromatic rings. The monoisotopic (exact) mass is 298 g/mol. The topological polar surface area (TPSA) is 54.9 Å². The number of benzene rings is 1. The van der Waals surface area contributed by atoms with Crippen molar-refractivity contribution < 1.29 is 4.39 Å². The molecule has 1 aromatic carbocycles. The van der Waals surface area contributed by atoms with E-state index in [4.69, 9.17) is 0 Å². The van der Waals surface area contributed by atoms with Gasteiger partial charge in [0, 0.05) is 6.20 Å². The van der Waals surface area contributed by atoms with E-state index >= 15 is 0 Å². The van der Waals surface area contributed by atoms with Crippen LogP contribution in [0.5, 0.6) is 0 Å². The second-order valence-electron chi connectivity index (χ2n) is 3.46. The first-order chi connectivity index (χ1) is 8.08. The number of aromatic amines is 1. The Morgan fingerprint density at radius 3 is 2.53 bits per heavy atom. The largest absolute Gasteiger partial charge is 0.328 e. The summed E-state index contributed by atoms with van der Waals surface area (Å²) in [5.41, 5.74) is -0.238. The summed E-state index contributed by atoms with van der Waals surface area (Å²) in [5.74, 6) is -0.357. The lowest BCUT2D eigenvalue weighted by Gasteiger charge is -2.04. The number of nitrogens with one attached hydrogen (secondary N) is 1. The maximum absolute atomic E-state index is 12.7. The third-order valence-corrected chi connectivity index (χ3v) is 2.84. The summed E-state index contributed by atoms with van der Waals surface area (Å²) in [6.45, 7) is 0.105. The van der Waals surface area contributed by atoms with Gasteiger partial charge >= 0.3 is 5.69 Å². The number of halogens is 2. The second kappa shape index (κ2) is 4.67. The van der Waals surface area contributed by atoms with Gasteiger partial charge in [-0.25, -0.2) is 9.18 Å². The van der Waals surface area contributed by atoms with Gasteiger partial charge in [-0.3, -0.25) is 9.36 Å². The van der Waals surface area contributed by atoms with E-state index in [1.165, 1.54) is 30.5 Å². The molecule has 0 aliphatic carbocycles. The van der Waals surface area contributed by atoms with Crippen LogP contribution in [-0.4, -0.2) is 9.55 Å². The lowest BCUT2D eigenvalue weighted by molar-refractivity contribution is 0.625. The molecule has 0 aliphatic heterocycles. The zero-order chi connectivity index (χ0) is 12.4. The van der Waals surface area contributed by atoms with Crippen LogP contribution < -0.4 is 11.2 Å². The van der Waals surface area contributed by atoms with Crippen molar-refractivity contribution in [1.82, 2.24) is 9.55 Å². The predicted molar refractivity (Wildman–Crippen MR) is 64.5 cm³/mol. The van der Waals surface area contributed by atoms with Crippen molar-refractivity contribution in [2.75, 3.05) is 0 Å². The van der Waals surface area contributed by atoms with Gasteiger partial charge in [0.1, 0.15) is 5.82 Å². The van der Waals surface area contributed by atoms with E-state index in [-0.39, 0.29) is 16.8 Å². The van der Waals surface area contributed by atoms with Crippen molar-refractivity contribution in [3.05, 3.63) is 67.2 Å². The molecule has 0 bridgehead atoms. The van der Waals surface area contributed by atoms with Crippen LogP contribution in [0.15, 0.2) is 44.5 Å². The van der Waals surface area contributed by atoms with Crippen molar-refractivity contribution >= 4 is 15.9 Å². The van der Waals surface area contributed by atoms with Gasteiger partial charge < -0.3 is 4.98 Å². The van der Waals surface area contributed by atoms with Crippen LogP contribution in [0.2, 0.25) is 0 Å². The summed E-state index contributed by atoms with van der Waals surface area (Å²) < 4.78 is 14.0. The van der Waals surface area contributed by atoms with Crippen LogP contribution in [0.3, 0.4) is 0 Å². The van der Waals surface area contributed by atoms with Crippen molar-refractivity contribution in [2.24, 2.45) is 0 Å². The number of H-pyrrole nitrogens is 1. The summed E-state index contributed by atoms with van der Waals surface area (Å²) in [6.07, 6.45) is 1.30. The first-order valence-corrected chi connectivity index (χ1v) is 5.59.